The molecule has 3 aliphatic rings. The Kier molecular flexibility index (Phi) is 5.36. The van der Waals surface area contributed by atoms with Gasteiger partial charge in [-0.1, -0.05) is 35.9 Å². The SMILES string of the molecule is O=C(c1ccccc1[N+](=O)[O-])N(Cc1ccc(Cl)cc1[N+](=O)[O-])N1C(=O)[C@H]2[C@H](C1=O)[C@H]1C=C[C@H]2C1. The number of hydrazine groups is 1. The molecule has 5 rings (SSSR count). The van der Waals surface area contributed by atoms with Crippen LogP contribution in [0.5, 0.6) is 0 Å². The summed E-state index contributed by atoms with van der Waals surface area (Å²) < 4.78 is 0. The van der Waals surface area contributed by atoms with E-state index in [1.54, 1.807) is 0 Å². The van der Waals surface area contributed by atoms with Crippen LogP contribution in [0.4, 0.5) is 11.4 Å². The van der Waals surface area contributed by atoms with E-state index in [0.717, 1.165) is 22.2 Å². The Labute approximate surface area is 202 Å². The highest BCUT2D eigenvalue weighted by Gasteiger charge is 2.61. The number of rotatable bonds is 6. The van der Waals surface area contributed by atoms with Crippen molar-refractivity contribution in [2.24, 2.45) is 23.7 Å². The van der Waals surface area contributed by atoms with Gasteiger partial charge in [0.25, 0.3) is 29.1 Å². The van der Waals surface area contributed by atoms with Crippen molar-refractivity contribution in [3.8, 4) is 0 Å². The molecule has 0 radical (unpaired) electrons. The van der Waals surface area contributed by atoms with Crippen molar-refractivity contribution in [2.75, 3.05) is 0 Å². The molecular weight excluding hydrogens is 480 g/mol. The van der Waals surface area contributed by atoms with Crippen molar-refractivity contribution in [1.29, 1.82) is 0 Å². The first-order valence-corrected chi connectivity index (χ1v) is 11.1. The molecule has 2 fully saturated rings. The van der Waals surface area contributed by atoms with E-state index in [2.05, 4.69) is 0 Å². The number of nitro benzene ring substituents is 2. The number of benzene rings is 2. The van der Waals surface area contributed by atoms with Gasteiger partial charge in [-0.05, 0) is 36.5 Å². The van der Waals surface area contributed by atoms with Crippen molar-refractivity contribution < 1.29 is 24.2 Å². The maximum absolute atomic E-state index is 13.7. The lowest BCUT2D eigenvalue weighted by molar-refractivity contribution is -0.385. The number of para-hydroxylation sites is 1. The summed E-state index contributed by atoms with van der Waals surface area (Å²) in [6.45, 7) is -0.544. The third kappa shape index (κ3) is 3.55. The normalized spacial score (nSPS) is 24.1. The molecule has 0 spiro atoms. The molecule has 0 N–H and O–H groups in total. The van der Waals surface area contributed by atoms with Gasteiger partial charge in [-0.3, -0.25) is 34.6 Å². The Morgan fingerprint density at radius 2 is 1.57 bits per heavy atom. The predicted octanol–water partition coefficient (Wildman–Crippen LogP) is 3.52. The summed E-state index contributed by atoms with van der Waals surface area (Å²) in [5, 5.41) is 24.8. The zero-order chi connectivity index (χ0) is 25.0. The van der Waals surface area contributed by atoms with Gasteiger partial charge in [0.15, 0.2) is 0 Å². The maximum atomic E-state index is 13.7. The number of nitro groups is 2. The maximum Gasteiger partial charge on any atom is 0.282 e. The Hall–Kier alpha value is -4.12. The van der Waals surface area contributed by atoms with Crippen molar-refractivity contribution >= 4 is 40.7 Å². The Bertz CT molecular complexity index is 1310. The molecule has 1 heterocycles. The van der Waals surface area contributed by atoms with E-state index in [4.69, 9.17) is 11.6 Å². The first kappa shape index (κ1) is 22.7. The molecule has 4 atom stereocenters. The van der Waals surface area contributed by atoms with Crippen LogP contribution in [-0.2, 0) is 16.1 Å². The lowest BCUT2D eigenvalue weighted by Crippen LogP contribution is -2.50. The second-order valence-corrected chi connectivity index (χ2v) is 9.09. The number of halogens is 1. The second kappa shape index (κ2) is 8.27. The molecule has 2 aromatic carbocycles. The van der Waals surface area contributed by atoms with Gasteiger partial charge in [-0.25, -0.2) is 5.01 Å². The number of hydrogen-bond donors (Lipinski definition) is 0. The summed E-state index contributed by atoms with van der Waals surface area (Å²) in [5.74, 6) is -3.75. The summed E-state index contributed by atoms with van der Waals surface area (Å²) in [5.41, 5.74) is -1.29. The third-order valence-corrected chi connectivity index (χ3v) is 7.05. The van der Waals surface area contributed by atoms with Crippen molar-refractivity contribution in [3.63, 3.8) is 0 Å². The quantitative estimate of drug-likeness (QED) is 0.257. The van der Waals surface area contributed by atoms with Crippen LogP contribution in [-0.4, -0.2) is 37.6 Å². The minimum Gasteiger partial charge on any atom is -0.272 e. The summed E-state index contributed by atoms with van der Waals surface area (Å²) in [7, 11) is 0. The highest BCUT2D eigenvalue weighted by molar-refractivity contribution is 6.30. The van der Waals surface area contributed by atoms with Crippen molar-refractivity contribution in [1.82, 2.24) is 10.0 Å². The molecule has 2 bridgehead atoms. The topological polar surface area (TPSA) is 144 Å². The van der Waals surface area contributed by atoms with E-state index in [1.165, 1.54) is 30.3 Å². The molecule has 0 unspecified atom stereocenters. The summed E-state index contributed by atoms with van der Waals surface area (Å²) >= 11 is 5.90. The molecule has 0 aromatic heterocycles. The summed E-state index contributed by atoms with van der Waals surface area (Å²) in [6.07, 6.45) is 4.44. The van der Waals surface area contributed by atoms with Gasteiger partial charge in [0.2, 0.25) is 0 Å². The molecule has 1 saturated carbocycles. The standard InChI is InChI=1S/C23H17ClN4O7/c24-15-8-7-14(18(10-15)28(34)35)11-25(21(29)16-3-1-2-4-17(16)27(32)33)26-22(30)19-12-5-6-13(9-12)20(19)23(26)31/h1-8,10,12-13,19-20H,9,11H2/t12-,13-,19+,20+/m0/s1. The zero-order valence-electron chi connectivity index (χ0n) is 17.9. The number of hydrogen-bond acceptors (Lipinski definition) is 7. The fourth-order valence-corrected chi connectivity index (χ4v) is 5.48. The van der Waals surface area contributed by atoms with E-state index in [-0.39, 0.29) is 28.0 Å². The molecule has 11 nitrogen and oxygen atoms in total. The molecule has 3 amide bonds. The second-order valence-electron chi connectivity index (χ2n) is 8.66. The van der Waals surface area contributed by atoms with Crippen LogP contribution in [0.3, 0.4) is 0 Å². The van der Waals surface area contributed by atoms with E-state index in [1.807, 2.05) is 12.2 Å². The van der Waals surface area contributed by atoms with Gasteiger partial charge in [-0.15, -0.1) is 0 Å². The molecule has 2 aliphatic carbocycles. The fraction of sp³-hybridized carbons (Fsp3) is 0.261. The van der Waals surface area contributed by atoms with Crippen LogP contribution in [0.25, 0.3) is 0 Å². The van der Waals surface area contributed by atoms with Crippen LogP contribution in [0.2, 0.25) is 5.02 Å². The highest BCUT2D eigenvalue weighted by Crippen LogP contribution is 2.53. The molecule has 2 aromatic rings. The number of fused-ring (bicyclic) bond motifs is 5. The molecule has 12 heteroatoms. The number of imide groups is 1. The Morgan fingerprint density at radius 1 is 0.971 bits per heavy atom. The largest absolute Gasteiger partial charge is 0.282 e. The van der Waals surface area contributed by atoms with E-state index in [0.29, 0.717) is 6.42 Å². The average Bonchev–Trinajstić information content (AvgIpc) is 3.52. The average molecular weight is 497 g/mol. The van der Waals surface area contributed by atoms with Crippen molar-refractivity contribution in [3.05, 3.63) is 91.0 Å². The van der Waals surface area contributed by atoms with Gasteiger partial charge < -0.3 is 0 Å². The van der Waals surface area contributed by atoms with Gasteiger partial charge >= 0.3 is 0 Å². The minimum absolute atomic E-state index is 0.00471. The molecule has 1 aliphatic heterocycles. The fourth-order valence-electron chi connectivity index (χ4n) is 5.31. The highest BCUT2D eigenvalue weighted by atomic mass is 35.5. The number of carbonyl (C=O) groups is 3. The third-order valence-electron chi connectivity index (χ3n) is 6.82. The molecule has 35 heavy (non-hydrogen) atoms. The minimum atomic E-state index is -0.997. The molecular formula is C23H17ClN4O7. The monoisotopic (exact) mass is 496 g/mol. The molecule has 1 saturated heterocycles. The Balaban J connectivity index is 1.60. The zero-order valence-corrected chi connectivity index (χ0v) is 18.7. The number of carbonyl (C=O) groups excluding carboxylic acids is 3. The van der Waals surface area contributed by atoms with Gasteiger partial charge in [0.1, 0.15) is 5.56 Å². The lowest BCUT2D eigenvalue weighted by Gasteiger charge is -2.31. The van der Waals surface area contributed by atoms with Gasteiger partial charge in [-0.2, -0.15) is 5.01 Å². The lowest BCUT2D eigenvalue weighted by atomic mass is 9.85. The smallest absolute Gasteiger partial charge is 0.272 e. The molecule has 178 valence electrons. The Morgan fingerprint density at radius 3 is 2.17 bits per heavy atom. The summed E-state index contributed by atoms with van der Waals surface area (Å²) in [4.78, 5) is 62.3. The number of nitrogens with zero attached hydrogens (tertiary/aromatic N) is 4. The van der Waals surface area contributed by atoms with E-state index < -0.39 is 57.3 Å². The van der Waals surface area contributed by atoms with Crippen LogP contribution < -0.4 is 0 Å². The van der Waals surface area contributed by atoms with Crippen LogP contribution in [0, 0.1) is 43.9 Å². The van der Waals surface area contributed by atoms with E-state index in [9.17, 15) is 34.6 Å². The van der Waals surface area contributed by atoms with E-state index >= 15 is 0 Å². The first-order valence-electron chi connectivity index (χ1n) is 10.7. The number of amides is 3. The van der Waals surface area contributed by atoms with Crippen LogP contribution in [0.1, 0.15) is 22.3 Å². The van der Waals surface area contributed by atoms with Gasteiger partial charge in [0, 0.05) is 17.2 Å². The van der Waals surface area contributed by atoms with Crippen molar-refractivity contribution in [2.45, 2.75) is 13.0 Å². The summed E-state index contributed by atoms with van der Waals surface area (Å²) in [6, 6.07) is 8.92. The van der Waals surface area contributed by atoms with Gasteiger partial charge in [0.05, 0.1) is 33.8 Å². The number of allylic oxidation sites excluding steroid dienone is 2. The predicted molar refractivity (Wildman–Crippen MR) is 121 cm³/mol. The van der Waals surface area contributed by atoms with Crippen LogP contribution >= 0.6 is 11.6 Å². The first-order chi connectivity index (χ1) is 16.7. The van der Waals surface area contributed by atoms with Crippen LogP contribution in [0.15, 0.2) is 54.6 Å².